The molecular weight excluding hydrogens is 328 g/mol. The summed E-state index contributed by atoms with van der Waals surface area (Å²) >= 11 is 7.81. The fourth-order valence-corrected chi connectivity index (χ4v) is 3.07. The van der Waals surface area contributed by atoms with Gasteiger partial charge in [0.15, 0.2) is 0 Å². The lowest BCUT2D eigenvalue weighted by atomic mass is 10.3. The molecule has 0 fully saturated rings. The fraction of sp³-hybridized carbons (Fsp3) is 0.222. The third kappa shape index (κ3) is 4.49. The zero-order valence-electron chi connectivity index (χ0n) is 8.94. The number of methoxy groups -OCH3 is 1. The van der Waals surface area contributed by atoms with E-state index in [0.717, 1.165) is 0 Å². The Bertz CT molecular complexity index is 531. The molecule has 1 aromatic carbocycles. The van der Waals surface area contributed by atoms with Gasteiger partial charge in [-0.1, -0.05) is 12.2 Å². The average Bonchev–Trinajstić information content (AvgIpc) is 2.14. The Balaban J connectivity index is 2.89. The van der Waals surface area contributed by atoms with Crippen LogP contribution in [-0.2, 0) is 10.0 Å². The Hall–Kier alpha value is -0.860. The number of hydrogen-bond acceptors (Lipinski definition) is 4. The molecule has 1 aromatic rings. The molecule has 0 saturated carbocycles. The molecule has 0 amide bonds. The number of anilines is 1. The maximum atomic E-state index is 11.6. The minimum atomic E-state index is -3.55. The molecule has 3 N–H and O–H groups in total. The molecule has 1 rings (SSSR count). The van der Waals surface area contributed by atoms with Crippen molar-refractivity contribution in [2.45, 2.75) is 0 Å². The van der Waals surface area contributed by atoms with Crippen LogP contribution in [0.4, 0.5) is 5.69 Å². The van der Waals surface area contributed by atoms with E-state index in [1.54, 1.807) is 18.2 Å². The van der Waals surface area contributed by atoms with Crippen LogP contribution in [0.1, 0.15) is 0 Å². The summed E-state index contributed by atoms with van der Waals surface area (Å²) in [5.41, 5.74) is 5.60. The van der Waals surface area contributed by atoms with Gasteiger partial charge in [-0.05, 0) is 34.1 Å². The second-order valence-corrected chi connectivity index (χ2v) is 6.28. The number of hydrogen-bond donors (Lipinski definition) is 2. The van der Waals surface area contributed by atoms with Crippen molar-refractivity contribution in [3.8, 4) is 5.75 Å². The van der Waals surface area contributed by atoms with Gasteiger partial charge in [0, 0.05) is 5.69 Å². The van der Waals surface area contributed by atoms with Crippen LogP contribution in [0.3, 0.4) is 0 Å². The minimum absolute atomic E-state index is 0.0786. The molecule has 0 atom stereocenters. The van der Waals surface area contributed by atoms with E-state index in [9.17, 15) is 8.42 Å². The summed E-state index contributed by atoms with van der Waals surface area (Å²) in [7, 11) is -2.02. The molecule has 0 heterocycles. The highest BCUT2D eigenvalue weighted by atomic mass is 79.9. The van der Waals surface area contributed by atoms with Gasteiger partial charge in [0.1, 0.15) is 11.5 Å². The van der Waals surface area contributed by atoms with E-state index >= 15 is 0 Å². The average molecular weight is 339 g/mol. The lowest BCUT2D eigenvalue weighted by Gasteiger charge is -2.09. The van der Waals surface area contributed by atoms with Crippen molar-refractivity contribution < 1.29 is 13.2 Å². The quantitative estimate of drug-likeness (QED) is 0.795. The maximum absolute atomic E-state index is 11.6. The standard InChI is InChI=1S/C9H11BrN2O3S2/c1-15-8-3-2-6(4-7(8)10)12-17(13,14)5-9(11)16/h2-4,12H,5H2,1H3,(H2,11,16). The molecule has 0 aromatic heterocycles. The number of nitrogens with one attached hydrogen (secondary N) is 1. The number of rotatable bonds is 5. The first kappa shape index (κ1) is 14.2. The first-order valence-corrected chi connectivity index (χ1v) is 7.32. The van der Waals surface area contributed by atoms with Crippen LogP contribution in [-0.4, -0.2) is 26.3 Å². The van der Waals surface area contributed by atoms with E-state index in [2.05, 4.69) is 32.9 Å². The Morgan fingerprint density at radius 3 is 2.71 bits per heavy atom. The molecule has 17 heavy (non-hydrogen) atoms. The van der Waals surface area contributed by atoms with Crippen LogP contribution >= 0.6 is 28.1 Å². The topological polar surface area (TPSA) is 81.4 Å². The molecule has 0 unspecified atom stereocenters. The van der Waals surface area contributed by atoms with Crippen molar-refractivity contribution in [2.24, 2.45) is 5.73 Å². The predicted molar refractivity (Wildman–Crippen MR) is 74.9 cm³/mol. The maximum Gasteiger partial charge on any atom is 0.239 e. The molecule has 0 aliphatic heterocycles. The summed E-state index contributed by atoms with van der Waals surface area (Å²) in [5.74, 6) is 0.230. The smallest absolute Gasteiger partial charge is 0.239 e. The van der Waals surface area contributed by atoms with Crippen LogP contribution in [0.2, 0.25) is 0 Å². The summed E-state index contributed by atoms with van der Waals surface area (Å²) in [4.78, 5) is -0.0786. The van der Waals surface area contributed by atoms with Gasteiger partial charge in [0.05, 0.1) is 16.6 Å². The van der Waals surface area contributed by atoms with Crippen molar-refractivity contribution in [3.63, 3.8) is 0 Å². The van der Waals surface area contributed by atoms with Crippen LogP contribution in [0.25, 0.3) is 0 Å². The first-order valence-electron chi connectivity index (χ1n) is 4.46. The van der Waals surface area contributed by atoms with Gasteiger partial charge in [0.2, 0.25) is 10.0 Å². The summed E-state index contributed by atoms with van der Waals surface area (Å²) in [6.07, 6.45) is 0. The number of benzene rings is 1. The van der Waals surface area contributed by atoms with E-state index in [0.29, 0.717) is 15.9 Å². The molecule has 8 heteroatoms. The van der Waals surface area contributed by atoms with E-state index in [1.807, 2.05) is 0 Å². The largest absolute Gasteiger partial charge is 0.496 e. The van der Waals surface area contributed by atoms with Gasteiger partial charge < -0.3 is 10.5 Å². The summed E-state index contributed by atoms with van der Waals surface area (Å²) in [6.45, 7) is 0. The number of halogens is 1. The monoisotopic (exact) mass is 338 g/mol. The Morgan fingerprint density at radius 2 is 2.24 bits per heavy atom. The second-order valence-electron chi connectivity index (χ2n) is 3.18. The van der Waals surface area contributed by atoms with Gasteiger partial charge in [0.25, 0.3) is 0 Å². The van der Waals surface area contributed by atoms with Crippen LogP contribution < -0.4 is 15.2 Å². The summed E-state index contributed by atoms with van der Waals surface area (Å²) in [5, 5.41) is 0. The lowest BCUT2D eigenvalue weighted by Crippen LogP contribution is -2.26. The summed E-state index contributed by atoms with van der Waals surface area (Å²) in [6, 6.07) is 4.82. The van der Waals surface area contributed by atoms with E-state index in [-0.39, 0.29) is 10.7 Å². The lowest BCUT2D eigenvalue weighted by molar-refractivity contribution is 0.412. The number of nitrogens with two attached hydrogens (primary N) is 1. The van der Waals surface area contributed by atoms with Gasteiger partial charge in [-0.2, -0.15) is 0 Å². The molecule has 0 bridgehead atoms. The van der Waals surface area contributed by atoms with E-state index < -0.39 is 10.0 Å². The highest BCUT2D eigenvalue weighted by Gasteiger charge is 2.12. The van der Waals surface area contributed by atoms with Crippen molar-refractivity contribution in [1.82, 2.24) is 0 Å². The SMILES string of the molecule is COc1ccc(NS(=O)(=O)CC(N)=S)cc1Br. The van der Waals surface area contributed by atoms with Crippen molar-refractivity contribution in [3.05, 3.63) is 22.7 Å². The van der Waals surface area contributed by atoms with Crippen LogP contribution in [0, 0.1) is 0 Å². The van der Waals surface area contributed by atoms with E-state index in [4.69, 9.17) is 10.5 Å². The third-order valence-electron chi connectivity index (χ3n) is 1.76. The molecule has 5 nitrogen and oxygen atoms in total. The number of thiocarbonyl (C=S) groups is 1. The Kier molecular flexibility index (Phi) is 4.72. The first-order chi connectivity index (χ1) is 7.84. The molecule has 0 saturated heterocycles. The van der Waals surface area contributed by atoms with Crippen molar-refractivity contribution in [2.75, 3.05) is 17.6 Å². The highest BCUT2D eigenvalue weighted by Crippen LogP contribution is 2.28. The molecule has 0 radical (unpaired) electrons. The van der Waals surface area contributed by atoms with Gasteiger partial charge in [-0.25, -0.2) is 8.42 Å². The Labute approximate surface area is 114 Å². The third-order valence-corrected chi connectivity index (χ3v) is 3.94. The highest BCUT2D eigenvalue weighted by molar-refractivity contribution is 9.10. The molecular formula is C9H11BrN2O3S2. The van der Waals surface area contributed by atoms with Crippen molar-refractivity contribution in [1.29, 1.82) is 0 Å². The fourth-order valence-electron chi connectivity index (χ4n) is 1.13. The number of ether oxygens (including phenoxy) is 1. The van der Waals surface area contributed by atoms with E-state index in [1.165, 1.54) is 7.11 Å². The van der Waals surface area contributed by atoms with Gasteiger partial charge in [-0.15, -0.1) is 0 Å². The van der Waals surface area contributed by atoms with Crippen molar-refractivity contribution >= 4 is 48.8 Å². The molecule has 0 spiro atoms. The van der Waals surface area contributed by atoms with Gasteiger partial charge in [-0.3, -0.25) is 4.72 Å². The second kappa shape index (κ2) is 5.65. The van der Waals surface area contributed by atoms with Gasteiger partial charge >= 0.3 is 0 Å². The zero-order chi connectivity index (χ0) is 13.1. The van der Waals surface area contributed by atoms with Crippen LogP contribution in [0.5, 0.6) is 5.75 Å². The normalized spacial score (nSPS) is 10.9. The Morgan fingerprint density at radius 1 is 1.59 bits per heavy atom. The zero-order valence-corrected chi connectivity index (χ0v) is 12.2. The number of sulfonamides is 1. The van der Waals surface area contributed by atoms with Crippen LogP contribution in [0.15, 0.2) is 22.7 Å². The molecule has 0 aliphatic rings. The predicted octanol–water partition coefficient (Wildman–Crippen LogP) is 1.49. The molecule has 94 valence electrons. The summed E-state index contributed by atoms with van der Waals surface area (Å²) < 4.78 is 31.1. The molecule has 0 aliphatic carbocycles. The minimum Gasteiger partial charge on any atom is -0.496 e.